The SMILES string of the molecule is CC1CN(C2CCN(C)CC2)Cc2cc(Cl)ccc2O1. The summed E-state index contributed by atoms with van der Waals surface area (Å²) in [5, 5.41) is 0.797. The van der Waals surface area contributed by atoms with Crippen LogP contribution in [-0.2, 0) is 6.54 Å². The van der Waals surface area contributed by atoms with Crippen LogP contribution in [0, 0.1) is 0 Å². The summed E-state index contributed by atoms with van der Waals surface area (Å²) in [5.74, 6) is 0.998. The molecular formula is C16H23ClN2O. The predicted molar refractivity (Wildman–Crippen MR) is 82.5 cm³/mol. The van der Waals surface area contributed by atoms with Gasteiger partial charge < -0.3 is 9.64 Å². The van der Waals surface area contributed by atoms with Gasteiger partial charge in [-0.3, -0.25) is 4.90 Å². The van der Waals surface area contributed by atoms with Crippen molar-refractivity contribution in [3.63, 3.8) is 0 Å². The van der Waals surface area contributed by atoms with E-state index in [0.717, 1.165) is 23.9 Å². The number of fused-ring (bicyclic) bond motifs is 1. The molecule has 0 spiro atoms. The van der Waals surface area contributed by atoms with Crippen molar-refractivity contribution in [3.05, 3.63) is 28.8 Å². The number of hydrogen-bond acceptors (Lipinski definition) is 3. The van der Waals surface area contributed by atoms with Gasteiger partial charge in [0.25, 0.3) is 0 Å². The molecule has 4 heteroatoms. The quantitative estimate of drug-likeness (QED) is 0.792. The zero-order chi connectivity index (χ0) is 14.1. The van der Waals surface area contributed by atoms with Gasteiger partial charge in [-0.15, -0.1) is 0 Å². The maximum Gasteiger partial charge on any atom is 0.124 e. The molecule has 2 aliphatic heterocycles. The Morgan fingerprint density at radius 2 is 2.00 bits per heavy atom. The molecule has 0 aromatic heterocycles. The summed E-state index contributed by atoms with van der Waals surface area (Å²) in [4.78, 5) is 5.00. The number of piperidine rings is 1. The lowest BCUT2D eigenvalue weighted by Crippen LogP contribution is -2.45. The summed E-state index contributed by atoms with van der Waals surface area (Å²) in [6.45, 7) is 6.50. The largest absolute Gasteiger partial charge is 0.489 e. The molecule has 0 amide bonds. The van der Waals surface area contributed by atoms with Gasteiger partial charge in [-0.2, -0.15) is 0 Å². The summed E-state index contributed by atoms with van der Waals surface area (Å²) in [6.07, 6.45) is 2.73. The highest BCUT2D eigenvalue weighted by molar-refractivity contribution is 6.30. The van der Waals surface area contributed by atoms with Crippen molar-refractivity contribution in [2.45, 2.75) is 38.5 Å². The highest BCUT2D eigenvalue weighted by Crippen LogP contribution is 2.30. The highest BCUT2D eigenvalue weighted by atomic mass is 35.5. The smallest absolute Gasteiger partial charge is 0.124 e. The van der Waals surface area contributed by atoms with Crippen LogP contribution in [0.3, 0.4) is 0 Å². The summed E-state index contributed by atoms with van der Waals surface area (Å²) < 4.78 is 6.04. The van der Waals surface area contributed by atoms with Crippen LogP contribution in [0.5, 0.6) is 5.75 Å². The molecule has 0 bridgehead atoms. The maximum atomic E-state index is 6.14. The Hall–Kier alpha value is -0.770. The molecule has 0 N–H and O–H groups in total. The third kappa shape index (κ3) is 3.11. The Morgan fingerprint density at radius 3 is 2.75 bits per heavy atom. The summed E-state index contributed by atoms with van der Waals surface area (Å²) >= 11 is 6.14. The molecule has 1 fully saturated rings. The first kappa shape index (κ1) is 14.2. The first-order chi connectivity index (χ1) is 9.61. The van der Waals surface area contributed by atoms with E-state index in [9.17, 15) is 0 Å². The Bertz CT molecular complexity index is 472. The van der Waals surface area contributed by atoms with Crippen molar-refractivity contribution < 1.29 is 4.74 Å². The molecule has 3 rings (SSSR count). The summed E-state index contributed by atoms with van der Waals surface area (Å²) in [7, 11) is 2.21. The standard InChI is InChI=1S/C16H23ClN2O/c1-12-10-19(15-5-7-18(2)8-6-15)11-13-9-14(17)3-4-16(13)20-12/h3-4,9,12,15H,5-8,10-11H2,1-2H3. The van der Waals surface area contributed by atoms with Crippen LogP contribution in [-0.4, -0.2) is 48.6 Å². The Labute approximate surface area is 126 Å². The lowest BCUT2D eigenvalue weighted by Gasteiger charge is -2.37. The molecule has 20 heavy (non-hydrogen) atoms. The molecule has 1 aromatic carbocycles. The number of rotatable bonds is 1. The second-order valence-electron chi connectivity index (χ2n) is 6.14. The van der Waals surface area contributed by atoms with Gasteiger partial charge in [0, 0.05) is 29.7 Å². The Morgan fingerprint density at radius 1 is 1.25 bits per heavy atom. The van der Waals surface area contributed by atoms with Gasteiger partial charge in [0.15, 0.2) is 0 Å². The van der Waals surface area contributed by atoms with Crippen LogP contribution >= 0.6 is 11.6 Å². The molecule has 1 unspecified atom stereocenters. The van der Waals surface area contributed by atoms with Crippen molar-refractivity contribution in [2.75, 3.05) is 26.7 Å². The van der Waals surface area contributed by atoms with Crippen molar-refractivity contribution >= 4 is 11.6 Å². The van der Waals surface area contributed by atoms with Gasteiger partial charge in [0.1, 0.15) is 11.9 Å². The third-order valence-corrected chi connectivity index (χ3v) is 4.66. The van der Waals surface area contributed by atoms with E-state index in [2.05, 4.69) is 29.8 Å². The molecule has 1 atom stereocenters. The topological polar surface area (TPSA) is 15.7 Å². The molecule has 0 aliphatic carbocycles. The van der Waals surface area contributed by atoms with Crippen molar-refractivity contribution in [1.82, 2.24) is 9.80 Å². The van der Waals surface area contributed by atoms with Gasteiger partial charge in [0.05, 0.1) is 0 Å². The first-order valence-corrected chi connectivity index (χ1v) is 7.87. The van der Waals surface area contributed by atoms with E-state index in [-0.39, 0.29) is 6.10 Å². The fraction of sp³-hybridized carbons (Fsp3) is 0.625. The predicted octanol–water partition coefficient (Wildman–Crippen LogP) is 3.02. The van der Waals surface area contributed by atoms with E-state index in [0.29, 0.717) is 6.04 Å². The molecule has 0 radical (unpaired) electrons. The Kier molecular flexibility index (Phi) is 4.20. The number of likely N-dealkylation sites (tertiary alicyclic amines) is 1. The fourth-order valence-corrected chi connectivity index (χ4v) is 3.49. The molecule has 3 nitrogen and oxygen atoms in total. The van der Waals surface area contributed by atoms with E-state index in [1.54, 1.807) is 0 Å². The minimum absolute atomic E-state index is 0.233. The second kappa shape index (κ2) is 5.92. The van der Waals surface area contributed by atoms with E-state index >= 15 is 0 Å². The fourth-order valence-electron chi connectivity index (χ4n) is 3.29. The minimum Gasteiger partial charge on any atom is -0.489 e. The van der Waals surface area contributed by atoms with E-state index in [1.165, 1.54) is 31.5 Å². The molecule has 1 saturated heterocycles. The zero-order valence-corrected chi connectivity index (χ0v) is 13.1. The monoisotopic (exact) mass is 294 g/mol. The normalized spacial score (nSPS) is 25.9. The van der Waals surface area contributed by atoms with E-state index < -0.39 is 0 Å². The lowest BCUT2D eigenvalue weighted by molar-refractivity contribution is 0.0855. The van der Waals surface area contributed by atoms with E-state index in [1.807, 2.05) is 12.1 Å². The van der Waals surface area contributed by atoms with Crippen LogP contribution in [0.25, 0.3) is 0 Å². The van der Waals surface area contributed by atoms with Crippen molar-refractivity contribution in [1.29, 1.82) is 0 Å². The van der Waals surface area contributed by atoms with Gasteiger partial charge in [-0.05, 0) is 58.1 Å². The van der Waals surface area contributed by atoms with E-state index in [4.69, 9.17) is 16.3 Å². The molecule has 2 heterocycles. The summed E-state index contributed by atoms with van der Waals surface area (Å²) in [6, 6.07) is 6.64. The molecule has 1 aromatic rings. The second-order valence-corrected chi connectivity index (χ2v) is 6.58. The number of ether oxygens (including phenoxy) is 1. The molecular weight excluding hydrogens is 272 g/mol. The van der Waals surface area contributed by atoms with Crippen LogP contribution in [0.1, 0.15) is 25.3 Å². The molecule has 110 valence electrons. The first-order valence-electron chi connectivity index (χ1n) is 7.49. The number of nitrogens with zero attached hydrogens (tertiary/aromatic N) is 2. The number of halogens is 1. The van der Waals surface area contributed by atoms with Gasteiger partial charge in [-0.25, -0.2) is 0 Å². The lowest BCUT2D eigenvalue weighted by atomic mass is 10.0. The van der Waals surface area contributed by atoms with Gasteiger partial charge in [-0.1, -0.05) is 11.6 Å². The minimum atomic E-state index is 0.233. The highest BCUT2D eigenvalue weighted by Gasteiger charge is 2.28. The van der Waals surface area contributed by atoms with Crippen molar-refractivity contribution in [2.24, 2.45) is 0 Å². The number of benzene rings is 1. The maximum absolute atomic E-state index is 6.14. The van der Waals surface area contributed by atoms with Crippen LogP contribution in [0.2, 0.25) is 5.02 Å². The van der Waals surface area contributed by atoms with Crippen LogP contribution in [0.15, 0.2) is 18.2 Å². The average Bonchev–Trinajstić information content (AvgIpc) is 2.57. The Balaban J connectivity index is 1.79. The van der Waals surface area contributed by atoms with Gasteiger partial charge in [0.2, 0.25) is 0 Å². The average molecular weight is 295 g/mol. The van der Waals surface area contributed by atoms with Crippen LogP contribution < -0.4 is 4.74 Å². The van der Waals surface area contributed by atoms with Crippen LogP contribution in [0.4, 0.5) is 0 Å². The molecule has 2 aliphatic rings. The third-order valence-electron chi connectivity index (χ3n) is 4.42. The number of hydrogen-bond donors (Lipinski definition) is 0. The zero-order valence-electron chi connectivity index (χ0n) is 12.3. The van der Waals surface area contributed by atoms with Crippen molar-refractivity contribution in [3.8, 4) is 5.75 Å². The summed E-state index contributed by atoms with van der Waals surface area (Å²) in [5.41, 5.74) is 1.22. The molecule has 0 saturated carbocycles. The van der Waals surface area contributed by atoms with Gasteiger partial charge >= 0.3 is 0 Å².